The van der Waals surface area contributed by atoms with Gasteiger partial charge in [-0.1, -0.05) is 13.3 Å². The number of hydrogen-bond acceptors (Lipinski definition) is 2. The molecule has 1 unspecified atom stereocenters. The Balaban J connectivity index is 1.94. The smallest absolute Gasteiger partial charge is 0.125 e. The standard InChI is InChI=1S/C16H22FNO/c1-2-18-14-11-16(8-4-3-5-9-16)19-15-7-6-12(17)10-13(14)15/h6-7,10,14,18H,2-5,8-9,11H2,1H3. The van der Waals surface area contributed by atoms with E-state index in [0.29, 0.717) is 0 Å². The van der Waals surface area contributed by atoms with Crippen molar-refractivity contribution in [2.24, 2.45) is 0 Å². The second kappa shape index (κ2) is 5.12. The number of hydrogen-bond donors (Lipinski definition) is 1. The van der Waals surface area contributed by atoms with Gasteiger partial charge < -0.3 is 10.1 Å². The topological polar surface area (TPSA) is 21.3 Å². The van der Waals surface area contributed by atoms with Crippen LogP contribution in [0.2, 0.25) is 0 Å². The minimum atomic E-state index is -0.176. The van der Waals surface area contributed by atoms with Crippen LogP contribution in [0.4, 0.5) is 4.39 Å². The van der Waals surface area contributed by atoms with E-state index in [1.54, 1.807) is 12.1 Å². The molecule has 104 valence electrons. The van der Waals surface area contributed by atoms with E-state index >= 15 is 0 Å². The van der Waals surface area contributed by atoms with Crippen LogP contribution in [0.5, 0.6) is 5.75 Å². The Kier molecular flexibility index (Phi) is 3.48. The Bertz CT molecular complexity index is 454. The van der Waals surface area contributed by atoms with Crippen molar-refractivity contribution in [2.45, 2.75) is 57.1 Å². The summed E-state index contributed by atoms with van der Waals surface area (Å²) in [6.07, 6.45) is 7.03. The Morgan fingerprint density at radius 2 is 2.11 bits per heavy atom. The molecule has 3 heteroatoms. The summed E-state index contributed by atoms with van der Waals surface area (Å²) in [5.74, 6) is 0.699. The molecule has 1 aromatic carbocycles. The first kappa shape index (κ1) is 12.9. The Morgan fingerprint density at radius 1 is 1.32 bits per heavy atom. The fourth-order valence-corrected chi connectivity index (χ4v) is 3.57. The zero-order valence-electron chi connectivity index (χ0n) is 11.5. The Hall–Kier alpha value is -1.09. The summed E-state index contributed by atoms with van der Waals surface area (Å²) in [7, 11) is 0. The lowest BCUT2D eigenvalue weighted by Crippen LogP contribution is -2.45. The van der Waals surface area contributed by atoms with Gasteiger partial charge in [0, 0.05) is 18.0 Å². The third kappa shape index (κ3) is 2.48. The van der Waals surface area contributed by atoms with E-state index in [0.717, 1.165) is 37.1 Å². The summed E-state index contributed by atoms with van der Waals surface area (Å²) < 4.78 is 19.7. The molecule has 1 atom stereocenters. The zero-order valence-corrected chi connectivity index (χ0v) is 11.5. The molecular formula is C16H22FNO. The maximum Gasteiger partial charge on any atom is 0.125 e. The van der Waals surface area contributed by atoms with Gasteiger partial charge in [-0.2, -0.15) is 0 Å². The van der Waals surface area contributed by atoms with Crippen molar-refractivity contribution in [2.75, 3.05) is 6.54 Å². The molecule has 2 aliphatic rings. The van der Waals surface area contributed by atoms with Crippen LogP contribution in [-0.2, 0) is 0 Å². The van der Waals surface area contributed by atoms with Crippen LogP contribution in [-0.4, -0.2) is 12.1 Å². The molecule has 3 rings (SSSR count). The number of halogens is 1. The summed E-state index contributed by atoms with van der Waals surface area (Å²) in [6.45, 7) is 3.00. The minimum absolute atomic E-state index is 0.0179. The third-order valence-electron chi connectivity index (χ3n) is 4.47. The summed E-state index contributed by atoms with van der Waals surface area (Å²) in [4.78, 5) is 0. The van der Waals surface area contributed by atoms with E-state index in [4.69, 9.17) is 4.74 Å². The molecule has 2 nitrogen and oxygen atoms in total. The highest BCUT2D eigenvalue weighted by atomic mass is 19.1. The van der Waals surface area contributed by atoms with E-state index in [-0.39, 0.29) is 17.5 Å². The molecule has 0 bridgehead atoms. The largest absolute Gasteiger partial charge is 0.487 e. The van der Waals surface area contributed by atoms with Gasteiger partial charge in [-0.15, -0.1) is 0 Å². The second-order valence-corrected chi connectivity index (χ2v) is 5.84. The highest BCUT2D eigenvalue weighted by Crippen LogP contribution is 2.46. The van der Waals surface area contributed by atoms with Crippen molar-refractivity contribution in [3.63, 3.8) is 0 Å². The molecular weight excluding hydrogens is 241 g/mol. The van der Waals surface area contributed by atoms with Crippen molar-refractivity contribution in [1.82, 2.24) is 5.32 Å². The normalized spacial score (nSPS) is 24.8. The van der Waals surface area contributed by atoms with Crippen molar-refractivity contribution in [3.05, 3.63) is 29.6 Å². The number of nitrogens with one attached hydrogen (secondary N) is 1. The lowest BCUT2D eigenvalue weighted by molar-refractivity contribution is -0.00260. The fourth-order valence-electron chi connectivity index (χ4n) is 3.57. The van der Waals surface area contributed by atoms with Crippen LogP contribution in [0.25, 0.3) is 0 Å². The van der Waals surface area contributed by atoms with Crippen LogP contribution >= 0.6 is 0 Å². The lowest BCUT2D eigenvalue weighted by Gasteiger charge is -2.44. The Morgan fingerprint density at radius 3 is 2.84 bits per heavy atom. The van der Waals surface area contributed by atoms with E-state index in [2.05, 4.69) is 12.2 Å². The van der Waals surface area contributed by atoms with Crippen LogP contribution in [0.1, 0.15) is 57.1 Å². The molecule has 1 aliphatic heterocycles. The first-order valence-electron chi connectivity index (χ1n) is 7.44. The lowest BCUT2D eigenvalue weighted by atomic mass is 9.77. The van der Waals surface area contributed by atoms with Crippen LogP contribution in [0, 0.1) is 5.82 Å². The SMILES string of the molecule is CCNC1CC2(CCCCC2)Oc2ccc(F)cc21. The summed E-state index contributed by atoms with van der Waals surface area (Å²) in [6, 6.07) is 5.15. The molecule has 1 N–H and O–H groups in total. The maximum atomic E-state index is 13.5. The first-order valence-corrected chi connectivity index (χ1v) is 7.44. The zero-order chi connectivity index (χ0) is 13.3. The van der Waals surface area contributed by atoms with Crippen LogP contribution < -0.4 is 10.1 Å². The van der Waals surface area contributed by atoms with Gasteiger partial charge in [-0.05, 0) is 50.4 Å². The average molecular weight is 263 g/mol. The predicted octanol–water partition coefficient (Wildman–Crippen LogP) is 3.96. The van der Waals surface area contributed by atoms with E-state index in [9.17, 15) is 4.39 Å². The van der Waals surface area contributed by atoms with E-state index in [1.807, 2.05) is 0 Å². The minimum Gasteiger partial charge on any atom is -0.487 e. The molecule has 1 heterocycles. The van der Waals surface area contributed by atoms with Crippen molar-refractivity contribution >= 4 is 0 Å². The average Bonchev–Trinajstić information content (AvgIpc) is 2.41. The highest BCUT2D eigenvalue weighted by molar-refractivity contribution is 5.39. The number of benzene rings is 1. The number of ether oxygens (including phenoxy) is 1. The van der Waals surface area contributed by atoms with Crippen molar-refractivity contribution in [1.29, 1.82) is 0 Å². The number of rotatable bonds is 2. The molecule has 1 fully saturated rings. The summed E-state index contributed by atoms with van der Waals surface area (Å²) in [5, 5.41) is 3.49. The van der Waals surface area contributed by atoms with Crippen LogP contribution in [0.15, 0.2) is 18.2 Å². The molecule has 0 saturated heterocycles. The van der Waals surface area contributed by atoms with Crippen LogP contribution in [0.3, 0.4) is 0 Å². The quantitative estimate of drug-likeness (QED) is 0.872. The highest BCUT2D eigenvalue weighted by Gasteiger charge is 2.41. The molecule has 1 spiro atoms. The monoisotopic (exact) mass is 263 g/mol. The van der Waals surface area contributed by atoms with Gasteiger partial charge in [0.25, 0.3) is 0 Å². The van der Waals surface area contributed by atoms with Gasteiger partial charge >= 0.3 is 0 Å². The first-order chi connectivity index (χ1) is 9.22. The van der Waals surface area contributed by atoms with Gasteiger partial charge in [0.1, 0.15) is 17.2 Å². The van der Waals surface area contributed by atoms with Gasteiger partial charge in [0.2, 0.25) is 0 Å². The molecule has 1 aliphatic carbocycles. The Labute approximate surface area is 114 Å². The van der Waals surface area contributed by atoms with Gasteiger partial charge in [-0.3, -0.25) is 0 Å². The van der Waals surface area contributed by atoms with Crippen molar-refractivity contribution < 1.29 is 9.13 Å². The molecule has 19 heavy (non-hydrogen) atoms. The summed E-state index contributed by atoms with van der Waals surface area (Å²) >= 11 is 0. The van der Waals surface area contributed by atoms with Crippen molar-refractivity contribution in [3.8, 4) is 5.75 Å². The number of fused-ring (bicyclic) bond motifs is 1. The summed E-state index contributed by atoms with van der Waals surface area (Å²) in [5.41, 5.74) is 0.966. The van der Waals surface area contributed by atoms with Gasteiger partial charge in [0.05, 0.1) is 0 Å². The van der Waals surface area contributed by atoms with E-state index in [1.165, 1.54) is 25.3 Å². The van der Waals surface area contributed by atoms with Gasteiger partial charge in [0.15, 0.2) is 0 Å². The maximum absolute atomic E-state index is 13.5. The second-order valence-electron chi connectivity index (χ2n) is 5.84. The molecule has 1 saturated carbocycles. The van der Waals surface area contributed by atoms with Gasteiger partial charge in [-0.25, -0.2) is 4.39 Å². The third-order valence-corrected chi connectivity index (χ3v) is 4.47. The molecule has 0 amide bonds. The molecule has 0 aromatic heterocycles. The van der Waals surface area contributed by atoms with E-state index < -0.39 is 0 Å². The predicted molar refractivity (Wildman–Crippen MR) is 73.9 cm³/mol. The molecule has 0 radical (unpaired) electrons. The molecule has 1 aromatic rings. The fraction of sp³-hybridized carbons (Fsp3) is 0.625.